The quantitative estimate of drug-likeness (QED) is 0.775. The molecule has 154 valence electrons. The maximum atomic E-state index is 12.6. The van der Waals surface area contributed by atoms with Gasteiger partial charge in [-0.3, -0.25) is 9.69 Å². The van der Waals surface area contributed by atoms with Crippen LogP contribution in [-0.2, 0) is 16.1 Å². The molecule has 2 heterocycles. The number of piperidine rings is 1. The Morgan fingerprint density at radius 2 is 1.83 bits per heavy atom. The molecule has 0 unspecified atom stereocenters. The van der Waals surface area contributed by atoms with E-state index < -0.39 is 0 Å². The Labute approximate surface area is 173 Å². The van der Waals surface area contributed by atoms with Crippen molar-refractivity contribution < 1.29 is 14.3 Å². The van der Waals surface area contributed by atoms with E-state index >= 15 is 0 Å². The zero-order valence-electron chi connectivity index (χ0n) is 17.3. The van der Waals surface area contributed by atoms with Crippen molar-refractivity contribution in [2.45, 2.75) is 39.0 Å². The summed E-state index contributed by atoms with van der Waals surface area (Å²) in [6, 6.07) is 18.2. The summed E-state index contributed by atoms with van der Waals surface area (Å²) in [6.45, 7) is 7.72. The number of amides is 1. The average molecular weight is 395 g/mol. The Bertz CT molecular complexity index is 824. The maximum absolute atomic E-state index is 12.6. The molecule has 5 heteroatoms. The van der Waals surface area contributed by atoms with Gasteiger partial charge < -0.3 is 14.4 Å². The van der Waals surface area contributed by atoms with Crippen molar-refractivity contribution in [3.63, 3.8) is 0 Å². The first-order valence-corrected chi connectivity index (χ1v) is 10.5. The first-order chi connectivity index (χ1) is 14.1. The van der Waals surface area contributed by atoms with Gasteiger partial charge in [-0.2, -0.15) is 0 Å². The number of carbonyl (C=O) groups is 1. The lowest BCUT2D eigenvalue weighted by atomic mass is 9.93. The van der Waals surface area contributed by atoms with E-state index in [9.17, 15) is 4.79 Å². The van der Waals surface area contributed by atoms with Crippen molar-refractivity contribution in [3.05, 3.63) is 60.2 Å². The average Bonchev–Trinajstić information content (AvgIpc) is 2.88. The van der Waals surface area contributed by atoms with Crippen molar-refractivity contribution >= 4 is 11.6 Å². The summed E-state index contributed by atoms with van der Waals surface area (Å²) in [5, 5.41) is 0. The minimum absolute atomic E-state index is 0.0489. The number of likely N-dealkylation sites (tertiary alicyclic amines) is 1. The van der Waals surface area contributed by atoms with Gasteiger partial charge in [0, 0.05) is 43.3 Å². The molecule has 0 bridgehead atoms. The van der Waals surface area contributed by atoms with Gasteiger partial charge in [0.1, 0.15) is 12.4 Å². The number of hydrogen-bond acceptors (Lipinski definition) is 4. The molecule has 0 aromatic heterocycles. The van der Waals surface area contributed by atoms with Gasteiger partial charge in [0.05, 0.1) is 12.2 Å². The van der Waals surface area contributed by atoms with Crippen molar-refractivity contribution in [3.8, 4) is 5.75 Å². The first kappa shape index (κ1) is 19.9. The topological polar surface area (TPSA) is 42.0 Å². The molecule has 1 amide bonds. The van der Waals surface area contributed by atoms with E-state index in [1.165, 1.54) is 5.56 Å². The monoisotopic (exact) mass is 394 g/mol. The molecule has 2 atom stereocenters. The van der Waals surface area contributed by atoms with Crippen molar-refractivity contribution in [2.24, 2.45) is 5.92 Å². The fourth-order valence-corrected chi connectivity index (χ4v) is 4.32. The molecule has 2 aliphatic rings. The van der Waals surface area contributed by atoms with Crippen LogP contribution >= 0.6 is 0 Å². The molecule has 5 nitrogen and oxygen atoms in total. The third kappa shape index (κ3) is 4.80. The molecule has 2 aromatic rings. The number of ether oxygens (including phenoxy) is 2. The summed E-state index contributed by atoms with van der Waals surface area (Å²) in [4.78, 5) is 17.0. The third-order valence-electron chi connectivity index (χ3n) is 5.68. The molecule has 4 rings (SSSR count). The van der Waals surface area contributed by atoms with E-state index in [0.29, 0.717) is 12.5 Å². The summed E-state index contributed by atoms with van der Waals surface area (Å²) < 4.78 is 12.0. The number of nitrogens with zero attached hydrogens (tertiary/aromatic N) is 2. The largest absolute Gasteiger partial charge is 0.491 e. The van der Waals surface area contributed by atoms with Gasteiger partial charge in [0.25, 0.3) is 5.91 Å². The third-order valence-corrected chi connectivity index (χ3v) is 5.68. The smallest absolute Gasteiger partial charge is 0.252 e. The van der Waals surface area contributed by atoms with Crippen LogP contribution < -0.4 is 9.64 Å². The summed E-state index contributed by atoms with van der Waals surface area (Å²) in [5.41, 5.74) is 2.17. The molecular weight excluding hydrogens is 364 g/mol. The van der Waals surface area contributed by atoms with Crippen molar-refractivity contribution in [1.82, 2.24) is 4.90 Å². The van der Waals surface area contributed by atoms with Gasteiger partial charge in [0.2, 0.25) is 0 Å². The molecule has 2 aliphatic heterocycles. The summed E-state index contributed by atoms with van der Waals surface area (Å²) in [7, 11) is 0. The minimum atomic E-state index is 0.0489. The highest BCUT2D eigenvalue weighted by atomic mass is 16.5. The van der Waals surface area contributed by atoms with Crippen LogP contribution in [0.2, 0.25) is 0 Å². The Hall–Kier alpha value is -2.37. The summed E-state index contributed by atoms with van der Waals surface area (Å²) in [6.07, 6.45) is 1.25. The zero-order chi connectivity index (χ0) is 20.2. The van der Waals surface area contributed by atoms with E-state index in [0.717, 1.165) is 37.5 Å². The number of benzene rings is 2. The van der Waals surface area contributed by atoms with Crippen molar-refractivity contribution in [2.75, 3.05) is 31.1 Å². The number of hydrogen-bond donors (Lipinski definition) is 0. The Morgan fingerprint density at radius 3 is 2.62 bits per heavy atom. The summed E-state index contributed by atoms with van der Waals surface area (Å²) >= 11 is 0. The predicted molar refractivity (Wildman–Crippen MR) is 114 cm³/mol. The molecule has 0 N–H and O–H groups in total. The van der Waals surface area contributed by atoms with Crippen molar-refractivity contribution in [1.29, 1.82) is 0 Å². The number of carbonyl (C=O) groups excluding carboxylic acids is 1. The first-order valence-electron chi connectivity index (χ1n) is 10.5. The van der Waals surface area contributed by atoms with Crippen LogP contribution in [0.25, 0.3) is 0 Å². The highest BCUT2D eigenvalue weighted by Crippen LogP contribution is 2.29. The van der Waals surface area contributed by atoms with Crippen LogP contribution in [0.3, 0.4) is 0 Å². The molecular formula is C24H30N2O3. The second kappa shape index (κ2) is 8.97. The Kier molecular flexibility index (Phi) is 6.16. The fourth-order valence-electron chi connectivity index (χ4n) is 4.32. The second-order valence-corrected chi connectivity index (χ2v) is 8.25. The zero-order valence-corrected chi connectivity index (χ0v) is 17.3. The lowest BCUT2D eigenvalue weighted by Crippen LogP contribution is -2.47. The SMILES string of the molecule is CC(C)Oc1ccccc1CN1CC[C@@H]2OCC(=O)N(c3ccccc3)C[C@H]2C1. The van der Waals surface area contributed by atoms with Gasteiger partial charge >= 0.3 is 0 Å². The minimum Gasteiger partial charge on any atom is -0.491 e. The number of rotatable bonds is 5. The second-order valence-electron chi connectivity index (χ2n) is 8.25. The van der Waals surface area contributed by atoms with Gasteiger partial charge in [-0.15, -0.1) is 0 Å². The fraction of sp³-hybridized carbons (Fsp3) is 0.458. The molecule has 0 radical (unpaired) electrons. The van der Waals surface area contributed by atoms with E-state index in [-0.39, 0.29) is 24.7 Å². The molecule has 0 saturated carbocycles. The van der Waals surface area contributed by atoms with Crippen LogP contribution in [0, 0.1) is 5.92 Å². The van der Waals surface area contributed by atoms with Crippen LogP contribution in [0.5, 0.6) is 5.75 Å². The molecule has 29 heavy (non-hydrogen) atoms. The number of fused-ring (bicyclic) bond motifs is 1. The highest BCUT2D eigenvalue weighted by molar-refractivity contribution is 5.94. The Morgan fingerprint density at radius 1 is 1.07 bits per heavy atom. The predicted octanol–water partition coefficient (Wildman–Crippen LogP) is 3.73. The van der Waals surface area contributed by atoms with Gasteiger partial charge in [-0.05, 0) is 38.5 Å². The van der Waals surface area contributed by atoms with Gasteiger partial charge in [-0.25, -0.2) is 0 Å². The summed E-state index contributed by atoms with van der Waals surface area (Å²) in [5.74, 6) is 1.31. The normalized spacial score (nSPS) is 23.0. The molecule has 0 aliphatic carbocycles. The van der Waals surface area contributed by atoms with Crippen LogP contribution in [0.15, 0.2) is 54.6 Å². The molecule has 2 saturated heterocycles. The molecule has 0 spiro atoms. The van der Waals surface area contributed by atoms with Gasteiger partial charge in [0.15, 0.2) is 0 Å². The number of anilines is 1. The van der Waals surface area contributed by atoms with Gasteiger partial charge in [-0.1, -0.05) is 36.4 Å². The maximum Gasteiger partial charge on any atom is 0.252 e. The molecule has 2 fully saturated rings. The van der Waals surface area contributed by atoms with E-state index in [1.54, 1.807) is 0 Å². The number of para-hydroxylation sites is 2. The van der Waals surface area contributed by atoms with Crippen LogP contribution in [-0.4, -0.2) is 49.3 Å². The van der Waals surface area contributed by atoms with Crippen LogP contribution in [0.1, 0.15) is 25.8 Å². The van der Waals surface area contributed by atoms with E-state index in [2.05, 4.69) is 30.9 Å². The Balaban J connectivity index is 1.47. The standard InChI is InChI=1S/C24H30N2O3/c1-18(2)29-23-11-7-6-8-19(23)14-25-13-12-22-20(15-25)16-26(24(27)17-28-22)21-9-4-3-5-10-21/h3-11,18,20,22H,12-17H2,1-2H3/t20-,22+/m1/s1. The lowest BCUT2D eigenvalue weighted by Gasteiger charge is -2.38. The van der Waals surface area contributed by atoms with E-state index in [1.807, 2.05) is 47.4 Å². The van der Waals surface area contributed by atoms with Crippen LogP contribution in [0.4, 0.5) is 5.69 Å². The highest BCUT2D eigenvalue weighted by Gasteiger charge is 2.36. The van der Waals surface area contributed by atoms with E-state index in [4.69, 9.17) is 9.47 Å². The molecule has 2 aromatic carbocycles. The lowest BCUT2D eigenvalue weighted by molar-refractivity contribution is -0.124.